The van der Waals surface area contributed by atoms with Crippen LogP contribution in [-0.4, -0.2) is 59.9 Å². The van der Waals surface area contributed by atoms with Crippen molar-refractivity contribution in [3.63, 3.8) is 0 Å². The van der Waals surface area contributed by atoms with Gasteiger partial charge in [-0.25, -0.2) is 0 Å². The van der Waals surface area contributed by atoms with Gasteiger partial charge in [0.25, 0.3) is 7.82 Å². The molecule has 0 aromatic rings. The van der Waals surface area contributed by atoms with E-state index in [9.17, 15) is 19.4 Å². The Labute approximate surface area is 234 Å². The van der Waals surface area contributed by atoms with Gasteiger partial charge in [0.2, 0.25) is 0 Å². The summed E-state index contributed by atoms with van der Waals surface area (Å²) in [5, 5.41) is 27.3. The standard InChI is InChI=1S/C24H49O9P.Na/c1-2-3-4-5-6-7-8-9-10-11-12-13-14-15-16-17-24(28)31-19-23(27)21-33-34(29,30)32-20-22(26)18-25;/h22-23,25-27H,2-21H2,1H3,(H,29,30);/q;+1/p-1/t22?,23-;/m1./s1. The number of phosphoric acid groups is 1. The van der Waals surface area contributed by atoms with E-state index in [1.165, 1.54) is 77.0 Å². The molecule has 0 aliphatic heterocycles. The van der Waals surface area contributed by atoms with Crippen molar-refractivity contribution in [2.24, 2.45) is 0 Å². The van der Waals surface area contributed by atoms with Gasteiger partial charge in [-0.3, -0.25) is 9.36 Å². The van der Waals surface area contributed by atoms with Crippen molar-refractivity contribution in [3.8, 4) is 0 Å². The van der Waals surface area contributed by atoms with E-state index in [2.05, 4.69) is 16.0 Å². The largest absolute Gasteiger partial charge is 1.00 e. The molecule has 0 saturated carbocycles. The minimum Gasteiger partial charge on any atom is -0.756 e. The van der Waals surface area contributed by atoms with Gasteiger partial charge in [0.1, 0.15) is 18.8 Å². The molecule has 0 bridgehead atoms. The van der Waals surface area contributed by atoms with Crippen LogP contribution in [0.2, 0.25) is 0 Å². The summed E-state index contributed by atoms with van der Waals surface area (Å²) in [5.74, 6) is -0.443. The number of esters is 1. The zero-order chi connectivity index (χ0) is 25.5. The van der Waals surface area contributed by atoms with Crippen molar-refractivity contribution in [1.29, 1.82) is 0 Å². The number of aliphatic hydroxyl groups is 3. The van der Waals surface area contributed by atoms with E-state index < -0.39 is 45.8 Å². The van der Waals surface area contributed by atoms with E-state index in [1.807, 2.05) is 0 Å². The van der Waals surface area contributed by atoms with Gasteiger partial charge in [-0.05, 0) is 6.42 Å². The number of rotatable bonds is 25. The summed E-state index contributed by atoms with van der Waals surface area (Å²) in [5.41, 5.74) is 0. The Bertz CT molecular complexity index is 525. The van der Waals surface area contributed by atoms with Crippen molar-refractivity contribution in [2.75, 3.05) is 26.4 Å². The molecule has 0 aliphatic carbocycles. The van der Waals surface area contributed by atoms with Gasteiger partial charge in [0.05, 0.1) is 19.8 Å². The Kier molecular flexibility index (Phi) is 28.0. The van der Waals surface area contributed by atoms with Gasteiger partial charge in [0, 0.05) is 6.42 Å². The molecule has 2 unspecified atom stereocenters. The van der Waals surface area contributed by atoms with Crippen LogP contribution in [0.5, 0.6) is 0 Å². The van der Waals surface area contributed by atoms with Gasteiger partial charge in [-0.15, -0.1) is 0 Å². The van der Waals surface area contributed by atoms with E-state index in [0.29, 0.717) is 0 Å². The molecule has 35 heavy (non-hydrogen) atoms. The summed E-state index contributed by atoms with van der Waals surface area (Å²) < 4.78 is 25.2. The fraction of sp³-hybridized carbons (Fsp3) is 0.958. The van der Waals surface area contributed by atoms with E-state index in [1.54, 1.807) is 0 Å². The minimum atomic E-state index is -4.73. The number of phosphoric ester groups is 1. The Morgan fingerprint density at radius 2 is 1.14 bits per heavy atom. The van der Waals surface area contributed by atoms with E-state index >= 15 is 0 Å². The third-order valence-electron chi connectivity index (χ3n) is 5.48. The smallest absolute Gasteiger partial charge is 0.756 e. The third kappa shape index (κ3) is 27.3. The van der Waals surface area contributed by atoms with E-state index in [-0.39, 0.29) is 42.6 Å². The SMILES string of the molecule is CCCCCCCCCCCCCCCCCC(=O)OC[C@@H](O)COP(=O)([O-])OCC(O)CO.[Na+]. The van der Waals surface area contributed by atoms with Crippen LogP contribution >= 0.6 is 7.82 Å². The van der Waals surface area contributed by atoms with Crippen LogP contribution in [0.3, 0.4) is 0 Å². The zero-order valence-electron chi connectivity index (χ0n) is 22.0. The molecule has 11 heteroatoms. The van der Waals surface area contributed by atoms with Gasteiger partial charge >= 0.3 is 35.5 Å². The van der Waals surface area contributed by atoms with Crippen LogP contribution in [0.4, 0.5) is 0 Å². The first-order valence-corrected chi connectivity index (χ1v) is 14.5. The molecule has 3 atom stereocenters. The molecule has 204 valence electrons. The number of hydrogen-bond donors (Lipinski definition) is 3. The maximum absolute atomic E-state index is 11.7. The Morgan fingerprint density at radius 1 is 0.743 bits per heavy atom. The molecular weight excluding hydrogens is 486 g/mol. The maximum Gasteiger partial charge on any atom is 1.00 e. The summed E-state index contributed by atoms with van der Waals surface area (Å²) in [6.45, 7) is -0.0751. The number of aliphatic hydroxyl groups excluding tert-OH is 3. The minimum absolute atomic E-state index is 0. The summed E-state index contributed by atoms with van der Waals surface area (Å²) in [4.78, 5) is 23.2. The molecule has 0 rings (SSSR count). The van der Waals surface area contributed by atoms with Crippen molar-refractivity contribution >= 4 is 13.8 Å². The van der Waals surface area contributed by atoms with Crippen LogP contribution in [0.15, 0.2) is 0 Å². The van der Waals surface area contributed by atoms with Crippen molar-refractivity contribution < 1.29 is 72.9 Å². The molecule has 0 aromatic carbocycles. The molecule has 0 spiro atoms. The zero-order valence-corrected chi connectivity index (χ0v) is 24.9. The molecule has 0 fully saturated rings. The first-order chi connectivity index (χ1) is 16.3. The van der Waals surface area contributed by atoms with Crippen LogP contribution in [0.1, 0.15) is 110 Å². The Morgan fingerprint density at radius 3 is 1.57 bits per heavy atom. The average molecular weight is 535 g/mol. The number of unbranched alkanes of at least 4 members (excludes halogenated alkanes) is 14. The first-order valence-electron chi connectivity index (χ1n) is 13.0. The number of ether oxygens (including phenoxy) is 1. The monoisotopic (exact) mass is 534 g/mol. The number of carbonyl (C=O) groups is 1. The number of carbonyl (C=O) groups excluding carboxylic acids is 1. The second kappa shape index (κ2) is 26.1. The molecule has 0 aliphatic rings. The fourth-order valence-electron chi connectivity index (χ4n) is 3.39. The predicted octanol–water partition coefficient (Wildman–Crippen LogP) is 1.01. The second-order valence-corrected chi connectivity index (χ2v) is 10.3. The first kappa shape index (κ1) is 37.6. The molecule has 9 nitrogen and oxygen atoms in total. The topological polar surface area (TPSA) is 146 Å². The molecule has 3 N–H and O–H groups in total. The van der Waals surface area contributed by atoms with Crippen molar-refractivity contribution in [3.05, 3.63) is 0 Å². The molecule has 0 radical (unpaired) electrons. The van der Waals surface area contributed by atoms with E-state index in [0.717, 1.165) is 19.3 Å². The summed E-state index contributed by atoms with van der Waals surface area (Å²) >= 11 is 0. The van der Waals surface area contributed by atoms with Crippen LogP contribution < -0.4 is 34.5 Å². The molecule has 0 amide bonds. The summed E-state index contributed by atoms with van der Waals surface area (Å²) in [6.07, 6.45) is 16.2. The summed E-state index contributed by atoms with van der Waals surface area (Å²) in [6, 6.07) is 0. The second-order valence-electron chi connectivity index (χ2n) is 8.91. The van der Waals surface area contributed by atoms with Crippen LogP contribution in [-0.2, 0) is 23.1 Å². The van der Waals surface area contributed by atoms with E-state index in [4.69, 9.17) is 14.9 Å². The molecular formula is C24H48NaO9P. The Hall–Kier alpha value is 0.460. The molecule has 0 heterocycles. The van der Waals surface area contributed by atoms with Gasteiger partial charge in [0.15, 0.2) is 0 Å². The number of hydrogen-bond acceptors (Lipinski definition) is 9. The normalized spacial score (nSPS) is 14.7. The molecule has 0 aromatic heterocycles. The quantitative estimate of drug-likeness (QED) is 0.0676. The van der Waals surface area contributed by atoms with Crippen molar-refractivity contribution in [2.45, 2.75) is 122 Å². The van der Waals surface area contributed by atoms with Gasteiger partial charge in [-0.2, -0.15) is 0 Å². The summed E-state index contributed by atoms with van der Waals surface area (Å²) in [7, 11) is -4.73. The third-order valence-corrected chi connectivity index (χ3v) is 6.41. The maximum atomic E-state index is 11.7. The van der Waals surface area contributed by atoms with Crippen LogP contribution in [0.25, 0.3) is 0 Å². The fourth-order valence-corrected chi connectivity index (χ4v) is 4.18. The Balaban J connectivity index is 0. The predicted molar refractivity (Wildman–Crippen MR) is 129 cm³/mol. The van der Waals surface area contributed by atoms with Crippen LogP contribution in [0, 0.1) is 0 Å². The van der Waals surface area contributed by atoms with Gasteiger partial charge < -0.3 is 34.0 Å². The molecule has 0 saturated heterocycles. The van der Waals surface area contributed by atoms with Gasteiger partial charge in [-0.1, -0.05) is 96.8 Å². The average Bonchev–Trinajstić information content (AvgIpc) is 2.82. The van der Waals surface area contributed by atoms with Crippen molar-refractivity contribution in [1.82, 2.24) is 0 Å².